The first kappa shape index (κ1) is 25.6. The van der Waals surface area contributed by atoms with Crippen LogP contribution >= 0.6 is 0 Å². The highest BCUT2D eigenvalue weighted by atomic mass is 16.3. The van der Waals surface area contributed by atoms with Gasteiger partial charge in [-0.25, -0.2) is 15.0 Å². The Balaban J connectivity index is 1.42. The highest BCUT2D eigenvalue weighted by Gasteiger charge is 2.19. The van der Waals surface area contributed by atoms with Gasteiger partial charge in [-0.3, -0.25) is 0 Å². The molecule has 0 saturated carbocycles. The number of fused-ring (bicyclic) bond motifs is 1. The lowest BCUT2D eigenvalue weighted by Crippen LogP contribution is -2.15. The van der Waals surface area contributed by atoms with Crippen molar-refractivity contribution in [3.63, 3.8) is 0 Å². The minimum Gasteiger partial charge on any atom is -0.436 e. The Kier molecular flexibility index (Phi) is 8.18. The van der Waals surface area contributed by atoms with Gasteiger partial charge in [0.2, 0.25) is 17.8 Å². The number of aromatic nitrogens is 4. The number of oxazole rings is 1. The van der Waals surface area contributed by atoms with E-state index < -0.39 is 0 Å². The third-order valence-electron chi connectivity index (χ3n) is 7.10. The molecule has 1 unspecified atom stereocenters. The first-order chi connectivity index (χ1) is 17.4. The predicted molar refractivity (Wildman–Crippen MR) is 148 cm³/mol. The van der Waals surface area contributed by atoms with Gasteiger partial charge in [-0.15, -0.1) is 0 Å². The maximum absolute atomic E-state index is 6.04. The smallest absolute Gasteiger partial charge is 0.231 e. The molecule has 2 aromatic carbocycles. The van der Waals surface area contributed by atoms with Crippen molar-refractivity contribution in [2.75, 3.05) is 17.2 Å². The maximum atomic E-state index is 6.04. The Morgan fingerprint density at radius 3 is 2.44 bits per heavy atom. The summed E-state index contributed by atoms with van der Waals surface area (Å²) in [7, 11) is 0. The normalized spacial score (nSPS) is 12.6. The summed E-state index contributed by atoms with van der Waals surface area (Å²) >= 11 is 0. The Morgan fingerprint density at radius 1 is 0.944 bits per heavy atom. The summed E-state index contributed by atoms with van der Waals surface area (Å²) in [6.45, 7) is 12.0. The van der Waals surface area contributed by atoms with Crippen molar-refractivity contribution < 1.29 is 4.42 Å². The fraction of sp³-hybridized carbons (Fsp3) is 0.448. The molecule has 0 aliphatic heterocycles. The van der Waals surface area contributed by atoms with Gasteiger partial charge in [-0.1, -0.05) is 59.9 Å². The molecule has 7 nitrogen and oxygen atoms in total. The van der Waals surface area contributed by atoms with Gasteiger partial charge in [-0.05, 0) is 66.1 Å². The van der Waals surface area contributed by atoms with E-state index in [0.717, 1.165) is 41.7 Å². The lowest BCUT2D eigenvalue weighted by Gasteiger charge is -2.22. The van der Waals surface area contributed by atoms with Crippen molar-refractivity contribution >= 4 is 28.7 Å². The number of anilines is 3. The summed E-state index contributed by atoms with van der Waals surface area (Å²) in [6.07, 6.45) is 7.44. The average Bonchev–Trinajstić information content (AvgIpc) is 3.33. The Labute approximate surface area is 214 Å². The van der Waals surface area contributed by atoms with E-state index in [0.29, 0.717) is 23.7 Å². The van der Waals surface area contributed by atoms with Crippen LogP contribution in [0.1, 0.15) is 72.3 Å². The number of rotatable bonds is 12. The Bertz CT molecular complexity index is 1260. The lowest BCUT2D eigenvalue weighted by molar-refractivity contribution is 0.471. The molecule has 190 valence electrons. The number of hydrogen-bond acceptors (Lipinski definition) is 7. The summed E-state index contributed by atoms with van der Waals surface area (Å²) in [6, 6.07) is 14.2. The van der Waals surface area contributed by atoms with E-state index in [-0.39, 0.29) is 5.41 Å². The third kappa shape index (κ3) is 6.20. The van der Waals surface area contributed by atoms with Crippen LogP contribution in [0.5, 0.6) is 0 Å². The molecule has 36 heavy (non-hydrogen) atoms. The predicted octanol–water partition coefficient (Wildman–Crippen LogP) is 7.74. The molecular formula is C29H38N6O. The molecule has 2 heterocycles. The van der Waals surface area contributed by atoms with E-state index in [9.17, 15) is 0 Å². The highest BCUT2D eigenvalue weighted by molar-refractivity contribution is 5.77. The van der Waals surface area contributed by atoms with Crippen LogP contribution in [0.3, 0.4) is 0 Å². The molecule has 0 amide bonds. The monoisotopic (exact) mass is 486 g/mol. The quantitative estimate of drug-likeness (QED) is 0.212. The van der Waals surface area contributed by atoms with Gasteiger partial charge in [0, 0.05) is 17.8 Å². The van der Waals surface area contributed by atoms with Gasteiger partial charge in [0.1, 0.15) is 11.8 Å². The fourth-order valence-corrected chi connectivity index (χ4v) is 4.12. The van der Waals surface area contributed by atoms with E-state index in [2.05, 4.69) is 72.3 Å². The minimum absolute atomic E-state index is 0.109. The molecule has 0 bridgehead atoms. The van der Waals surface area contributed by atoms with Crippen LogP contribution in [0, 0.1) is 5.92 Å². The number of unbranched alkanes of at least 4 members (excludes halogenated alkanes) is 1. The minimum atomic E-state index is 0.109. The molecule has 2 N–H and O–H groups in total. The zero-order valence-corrected chi connectivity index (χ0v) is 22.1. The number of nitrogens with one attached hydrogen (secondary N) is 2. The summed E-state index contributed by atoms with van der Waals surface area (Å²) in [5, 5.41) is 6.63. The standard InChI is InChI=1S/C29H38N6O/c1-6-9-10-20(7-2)18-30-27-31-19-32-28(35-27)33-23-14-11-21(12-15-23)26-34-24-17-22(29(4,5)8-3)13-16-25(24)36-26/h11-17,19-20H,6-10,18H2,1-5H3,(H2,30,31,32,33,35). The van der Waals surface area contributed by atoms with Crippen molar-refractivity contribution in [2.24, 2.45) is 5.92 Å². The molecule has 1 atom stereocenters. The maximum Gasteiger partial charge on any atom is 0.231 e. The molecular weight excluding hydrogens is 448 g/mol. The van der Waals surface area contributed by atoms with Crippen LogP contribution in [-0.2, 0) is 5.41 Å². The van der Waals surface area contributed by atoms with E-state index in [1.807, 2.05) is 30.3 Å². The average molecular weight is 487 g/mol. The van der Waals surface area contributed by atoms with Gasteiger partial charge in [0.05, 0.1) is 0 Å². The number of hydrogen-bond donors (Lipinski definition) is 2. The number of nitrogens with zero attached hydrogens (tertiary/aromatic N) is 4. The van der Waals surface area contributed by atoms with Crippen molar-refractivity contribution in [1.29, 1.82) is 0 Å². The summed E-state index contributed by atoms with van der Waals surface area (Å²) < 4.78 is 6.04. The topological polar surface area (TPSA) is 88.8 Å². The van der Waals surface area contributed by atoms with E-state index in [1.165, 1.54) is 31.2 Å². The van der Waals surface area contributed by atoms with Gasteiger partial charge in [0.25, 0.3) is 0 Å². The molecule has 4 rings (SSSR count). The third-order valence-corrected chi connectivity index (χ3v) is 7.10. The molecule has 0 fully saturated rings. The molecule has 0 spiro atoms. The Morgan fingerprint density at radius 2 is 1.72 bits per heavy atom. The van der Waals surface area contributed by atoms with E-state index >= 15 is 0 Å². The summed E-state index contributed by atoms with van der Waals surface area (Å²) in [4.78, 5) is 17.8. The zero-order chi connectivity index (χ0) is 25.5. The van der Waals surface area contributed by atoms with E-state index in [1.54, 1.807) is 0 Å². The molecule has 0 saturated heterocycles. The van der Waals surface area contributed by atoms with Crippen LogP contribution in [0.2, 0.25) is 0 Å². The van der Waals surface area contributed by atoms with Gasteiger partial charge >= 0.3 is 0 Å². The van der Waals surface area contributed by atoms with Crippen LogP contribution in [-0.4, -0.2) is 26.5 Å². The zero-order valence-electron chi connectivity index (χ0n) is 22.1. The second-order valence-corrected chi connectivity index (χ2v) is 10.1. The van der Waals surface area contributed by atoms with Gasteiger partial charge in [0.15, 0.2) is 5.58 Å². The SMILES string of the molecule is CCCCC(CC)CNc1ncnc(Nc2ccc(-c3nc4cc(C(C)(C)CC)ccc4o3)cc2)n1. The first-order valence-corrected chi connectivity index (χ1v) is 13.1. The van der Waals surface area contributed by atoms with Crippen molar-refractivity contribution in [3.8, 4) is 11.5 Å². The second kappa shape index (κ2) is 11.5. The second-order valence-electron chi connectivity index (χ2n) is 10.1. The van der Waals surface area contributed by atoms with Crippen molar-refractivity contribution in [3.05, 3.63) is 54.4 Å². The molecule has 7 heteroatoms. The highest BCUT2D eigenvalue weighted by Crippen LogP contribution is 2.31. The molecule has 0 radical (unpaired) electrons. The first-order valence-electron chi connectivity index (χ1n) is 13.1. The van der Waals surface area contributed by atoms with Crippen molar-refractivity contribution in [1.82, 2.24) is 19.9 Å². The van der Waals surface area contributed by atoms with Gasteiger partial charge < -0.3 is 15.1 Å². The largest absolute Gasteiger partial charge is 0.436 e. The van der Waals surface area contributed by atoms with E-state index in [4.69, 9.17) is 9.40 Å². The van der Waals surface area contributed by atoms with Crippen LogP contribution in [0.25, 0.3) is 22.6 Å². The Hall–Kier alpha value is -3.48. The lowest BCUT2D eigenvalue weighted by atomic mass is 9.82. The van der Waals surface area contributed by atoms with Gasteiger partial charge in [-0.2, -0.15) is 4.98 Å². The van der Waals surface area contributed by atoms with Crippen LogP contribution in [0.15, 0.2) is 53.2 Å². The molecule has 4 aromatic rings. The summed E-state index contributed by atoms with van der Waals surface area (Å²) in [5.74, 6) is 2.34. The number of benzene rings is 2. The fourth-order valence-electron chi connectivity index (χ4n) is 4.12. The molecule has 0 aliphatic carbocycles. The molecule has 0 aliphatic rings. The van der Waals surface area contributed by atoms with Crippen molar-refractivity contribution in [2.45, 2.75) is 72.1 Å². The van der Waals surface area contributed by atoms with Crippen LogP contribution < -0.4 is 10.6 Å². The molecule has 2 aromatic heterocycles. The van der Waals surface area contributed by atoms with Crippen LogP contribution in [0.4, 0.5) is 17.6 Å². The summed E-state index contributed by atoms with van der Waals surface area (Å²) in [5.41, 5.74) is 4.87.